The van der Waals surface area contributed by atoms with Crippen LogP contribution in [-0.4, -0.2) is 96.2 Å². The molecule has 0 saturated heterocycles. The Labute approximate surface area is 415 Å². The van der Waals surface area contributed by atoms with Gasteiger partial charge in [0, 0.05) is 14.0 Å². The van der Waals surface area contributed by atoms with Crippen molar-refractivity contribution < 1.29 is 58.6 Å². The molecule has 21 unspecified atom stereocenters. The van der Waals surface area contributed by atoms with E-state index in [2.05, 4.69) is 0 Å². The molecule has 4 N–H and O–H groups in total. The zero-order valence-corrected chi connectivity index (χ0v) is 37.6. The molecule has 12 heteroatoms. The maximum absolute atomic E-state index is 13.5. The van der Waals surface area contributed by atoms with Crippen LogP contribution in [0.15, 0.2) is 0 Å². The van der Waals surface area contributed by atoms with E-state index in [4.69, 9.17) is 28.8 Å². The Bertz CT molecular complexity index is 1520. The summed E-state index contributed by atoms with van der Waals surface area (Å²) in [5.74, 6) is 7.65. The molecule has 0 amide bonds. The fraction of sp³-hybridized carbons (Fsp3) is 0.929. The second kappa shape index (κ2) is 28.7. The lowest BCUT2D eigenvalue weighted by Crippen LogP contribution is -2.39. The fourth-order valence-electron chi connectivity index (χ4n) is 16.0. The number of carbonyl (C=O) groups is 4. The van der Waals surface area contributed by atoms with E-state index in [0.29, 0.717) is 55.5 Å². The van der Waals surface area contributed by atoms with Crippen molar-refractivity contribution in [3.8, 4) is 0 Å². The van der Waals surface area contributed by atoms with Crippen molar-refractivity contribution in [3.63, 3.8) is 0 Å². The number of hydrogen-bond donors (Lipinski definition) is 4. The minimum Gasteiger partial charge on any atom is -0.481 e. The van der Waals surface area contributed by atoms with Gasteiger partial charge in [0.1, 0.15) is 12.7 Å². The van der Waals surface area contributed by atoms with Crippen molar-refractivity contribution in [3.05, 3.63) is 0 Å². The summed E-state index contributed by atoms with van der Waals surface area (Å²) < 4.78 is 21.4. The maximum atomic E-state index is 13.5. The van der Waals surface area contributed by atoms with Gasteiger partial charge in [-0.15, -0.1) is 0 Å². The van der Waals surface area contributed by atoms with Crippen LogP contribution in [0.2, 0.25) is 0 Å². The monoisotopic (exact) mass is 971 g/mol. The van der Waals surface area contributed by atoms with Crippen molar-refractivity contribution in [1.29, 1.82) is 0 Å². The summed E-state index contributed by atoms with van der Waals surface area (Å²) in [5.41, 5.74) is 0. The molecule has 10 rings (SSSR count). The number of methoxy groups -OCH3 is 2. The Kier molecular flexibility index (Phi) is 27.7. The third-order valence-corrected chi connectivity index (χ3v) is 18.3. The summed E-state index contributed by atoms with van der Waals surface area (Å²) in [6.45, 7) is 5.28. The van der Waals surface area contributed by atoms with E-state index in [1.165, 1.54) is 77.7 Å². The topological polar surface area (TPSA) is 186 Å². The normalized spacial score (nSPS) is 38.9. The van der Waals surface area contributed by atoms with Crippen molar-refractivity contribution in [1.82, 2.24) is 0 Å². The predicted molar refractivity (Wildman–Crippen MR) is 272 cm³/mol. The molecule has 10 aliphatic rings. The van der Waals surface area contributed by atoms with Gasteiger partial charge in [-0.25, -0.2) is 0 Å². The predicted octanol–water partition coefficient (Wildman–Crippen LogP) is 11.1. The van der Waals surface area contributed by atoms with E-state index in [9.17, 15) is 29.7 Å². The zero-order chi connectivity index (χ0) is 43.7. The summed E-state index contributed by atoms with van der Waals surface area (Å²) in [5, 5.41) is 36.3. The van der Waals surface area contributed by atoms with Crippen LogP contribution < -0.4 is 0 Å². The molecule has 68 heavy (non-hydrogen) atoms. The van der Waals surface area contributed by atoms with Gasteiger partial charge in [0.2, 0.25) is 0 Å². The maximum Gasteiger partial charge on any atom is 0.309 e. The number of carboxylic acids is 1. The molecule has 10 saturated carbocycles. The molecular weight excluding hydrogens is 865 g/mol. The van der Waals surface area contributed by atoms with Crippen LogP contribution >= 0.6 is 0 Å². The van der Waals surface area contributed by atoms with Gasteiger partial charge in [0.15, 0.2) is 0 Å². The second-order valence-corrected chi connectivity index (χ2v) is 21.3. The highest BCUT2D eigenvalue weighted by Crippen LogP contribution is 2.68. The molecule has 12 nitrogen and oxygen atoms in total. The van der Waals surface area contributed by atoms with E-state index in [0.717, 1.165) is 79.4 Å². The Morgan fingerprint density at radius 2 is 1.12 bits per heavy atom. The van der Waals surface area contributed by atoms with Crippen molar-refractivity contribution in [2.24, 2.45) is 101 Å². The number of carbonyl (C=O) groups excluding carboxylic acids is 3. The Hall–Kier alpha value is -2.28. The summed E-state index contributed by atoms with van der Waals surface area (Å²) in [4.78, 5) is 47.2. The summed E-state index contributed by atoms with van der Waals surface area (Å²) >= 11 is 0. The first-order valence-corrected chi connectivity index (χ1v) is 24.4. The minimum absolute atomic E-state index is 0. The van der Waals surface area contributed by atoms with E-state index >= 15 is 0 Å². The first kappa shape index (κ1) is 65.7. The second-order valence-electron chi connectivity index (χ2n) is 21.3. The highest BCUT2D eigenvalue weighted by atomic mass is 16.6. The number of rotatable bonds is 12. The van der Waals surface area contributed by atoms with Crippen LogP contribution in [-0.2, 0) is 38.1 Å². The quantitative estimate of drug-likeness (QED) is 0.0629. The third-order valence-electron chi connectivity index (χ3n) is 18.3. The first-order valence-electron chi connectivity index (χ1n) is 24.4. The smallest absolute Gasteiger partial charge is 0.309 e. The van der Waals surface area contributed by atoms with Gasteiger partial charge in [-0.05, 0) is 186 Å². The SMILES string of the molecule is C.C.C.C.C.C.C.CC(=O)O.CCC(CC(CC(C)C(=O)OCCOC)C(=O)OC1CC2CC1C1C3CCC(C3)C21)C(=O)OC.OC1CC2C3CCC(C3)C2C1O.OC1CC2CC1C1CCCC21. The molecule has 0 heterocycles. The van der Waals surface area contributed by atoms with Gasteiger partial charge in [-0.3, -0.25) is 19.2 Å². The van der Waals surface area contributed by atoms with Crippen LogP contribution in [0.25, 0.3) is 0 Å². The molecule has 0 aliphatic heterocycles. The summed E-state index contributed by atoms with van der Waals surface area (Å²) in [6.07, 6.45) is 18.4. The average molecular weight is 971 g/mol. The fourth-order valence-corrected chi connectivity index (χ4v) is 16.0. The van der Waals surface area contributed by atoms with Gasteiger partial charge < -0.3 is 39.4 Å². The van der Waals surface area contributed by atoms with Crippen LogP contribution in [0.1, 0.15) is 182 Å². The molecule has 0 aromatic rings. The molecule has 10 fully saturated rings. The number of aliphatic carboxylic acids is 1. The highest BCUT2D eigenvalue weighted by Gasteiger charge is 2.63. The van der Waals surface area contributed by atoms with E-state index < -0.39 is 35.9 Å². The lowest BCUT2D eigenvalue weighted by molar-refractivity contribution is -0.162. The number of aliphatic hydroxyl groups excluding tert-OH is 3. The first-order chi connectivity index (χ1) is 29.2. The molecule has 0 spiro atoms. The van der Waals surface area contributed by atoms with E-state index in [1.54, 1.807) is 14.0 Å². The molecule has 0 aromatic carbocycles. The van der Waals surface area contributed by atoms with Crippen molar-refractivity contribution in [2.45, 2.75) is 206 Å². The molecule has 8 bridgehead atoms. The Morgan fingerprint density at radius 3 is 1.72 bits per heavy atom. The van der Waals surface area contributed by atoms with Crippen LogP contribution in [0, 0.1) is 101 Å². The van der Waals surface area contributed by atoms with Gasteiger partial charge in [0.05, 0.1) is 49.8 Å². The van der Waals surface area contributed by atoms with E-state index in [-0.39, 0.29) is 88.7 Å². The number of carboxylic acid groups (broad SMARTS) is 1. The zero-order valence-electron chi connectivity index (χ0n) is 37.6. The molecule has 0 radical (unpaired) electrons. The summed E-state index contributed by atoms with van der Waals surface area (Å²) in [7, 11) is 2.92. The van der Waals surface area contributed by atoms with Gasteiger partial charge in [-0.1, -0.05) is 72.3 Å². The average Bonchev–Trinajstić information content (AvgIpc) is 4.08. The summed E-state index contributed by atoms with van der Waals surface area (Å²) in [6, 6.07) is 0. The molecule has 21 atom stereocenters. The Balaban J connectivity index is 0.00000108. The number of ether oxygens (including phenoxy) is 4. The minimum atomic E-state index is -0.833. The lowest BCUT2D eigenvalue weighted by Gasteiger charge is -2.38. The number of hydrogen-bond acceptors (Lipinski definition) is 11. The third kappa shape index (κ3) is 13.8. The molecule has 402 valence electrons. The molecular formula is C56H106O12. The van der Waals surface area contributed by atoms with Crippen LogP contribution in [0.3, 0.4) is 0 Å². The van der Waals surface area contributed by atoms with Crippen LogP contribution in [0.4, 0.5) is 0 Å². The lowest BCUT2D eigenvalue weighted by atomic mass is 9.70. The van der Waals surface area contributed by atoms with Gasteiger partial charge in [0.25, 0.3) is 5.97 Å². The van der Waals surface area contributed by atoms with Crippen LogP contribution in [0.5, 0.6) is 0 Å². The Morgan fingerprint density at radius 1 is 0.544 bits per heavy atom. The standard InChI is InChI=1S/C27H42O7.C10H16O2.C10H16O.C2H4O2.7CH4/c1-5-16(26(29)32-4)11-20(10-15(2)25(28)33-9-8-31-3)27(30)34-22-14-19-13-21(22)24-18-7-6-17(12-18)23(19)24;11-8-4-7-5-1-2-6(3-5)9(7)10(8)12;11-10-5-6-4-9(10)8-3-1-2-7(6)8;1-2(3)4;;;;;;;/h15-24H,5-14H2,1-4H3;5-12H,1-4H2;6-11H,1-5H2;1H3,(H,3,4);7*1H4. The highest BCUT2D eigenvalue weighted by molar-refractivity contribution is 5.78. The number of aliphatic hydroxyl groups is 3. The molecule has 10 aliphatic carbocycles. The molecule has 0 aromatic heterocycles. The van der Waals surface area contributed by atoms with Gasteiger partial charge >= 0.3 is 17.9 Å². The van der Waals surface area contributed by atoms with Crippen molar-refractivity contribution in [2.75, 3.05) is 27.4 Å². The van der Waals surface area contributed by atoms with E-state index in [1.807, 2.05) is 6.92 Å². The largest absolute Gasteiger partial charge is 0.481 e. The van der Waals surface area contributed by atoms with Gasteiger partial charge in [-0.2, -0.15) is 0 Å². The number of esters is 3. The number of fused-ring (bicyclic) bond motifs is 19. The van der Waals surface area contributed by atoms with Crippen molar-refractivity contribution >= 4 is 23.9 Å².